The van der Waals surface area contributed by atoms with Gasteiger partial charge in [0.2, 0.25) is 0 Å². The van der Waals surface area contributed by atoms with Crippen LogP contribution in [0.2, 0.25) is 0 Å². The second-order valence-corrected chi connectivity index (χ2v) is 2.96. The molecule has 0 aliphatic carbocycles. The van der Waals surface area contributed by atoms with Crippen molar-refractivity contribution in [2.75, 3.05) is 5.73 Å². The number of nitrogens with zero attached hydrogens (tertiary/aromatic N) is 3. The number of nitrogen functional groups attached to an aromatic ring is 1. The normalized spacial score (nSPS) is 13.4. The van der Waals surface area contributed by atoms with Gasteiger partial charge in [-0.1, -0.05) is 0 Å². The number of pyridine rings is 1. The first-order chi connectivity index (χ1) is 6.20. The van der Waals surface area contributed by atoms with Crippen LogP contribution in [0.15, 0.2) is 18.6 Å². The molecule has 0 spiro atoms. The van der Waals surface area contributed by atoms with E-state index in [0.717, 1.165) is 5.65 Å². The Labute approximate surface area is 75.4 Å². The molecule has 5 nitrogen and oxygen atoms in total. The predicted octanol–water partition coefficient (Wildman–Crippen LogP) is 0.491. The van der Waals surface area contributed by atoms with Gasteiger partial charge < -0.3 is 11.5 Å². The maximum absolute atomic E-state index is 5.72. The van der Waals surface area contributed by atoms with Crippen LogP contribution in [0, 0.1) is 0 Å². The van der Waals surface area contributed by atoms with Crippen LogP contribution < -0.4 is 11.5 Å². The molecule has 0 aromatic carbocycles. The highest BCUT2D eigenvalue weighted by atomic mass is 15.2. The summed E-state index contributed by atoms with van der Waals surface area (Å²) in [5.74, 6) is 0. The third kappa shape index (κ3) is 1.13. The van der Waals surface area contributed by atoms with E-state index in [1.54, 1.807) is 23.2 Å². The molecule has 0 saturated heterocycles. The van der Waals surface area contributed by atoms with Gasteiger partial charge in [0.05, 0.1) is 18.2 Å². The lowest BCUT2D eigenvalue weighted by molar-refractivity contribution is 0.583. The third-order valence-electron chi connectivity index (χ3n) is 1.93. The lowest BCUT2D eigenvalue weighted by Gasteiger charge is -2.06. The smallest absolute Gasteiger partial charge is 0.163 e. The van der Waals surface area contributed by atoms with Crippen molar-refractivity contribution in [2.45, 2.75) is 13.1 Å². The summed E-state index contributed by atoms with van der Waals surface area (Å²) in [4.78, 5) is 8.30. The van der Waals surface area contributed by atoms with Gasteiger partial charge in [-0.25, -0.2) is 9.97 Å². The molecule has 5 heteroatoms. The first-order valence-corrected chi connectivity index (χ1v) is 4.02. The molecule has 0 bridgehead atoms. The van der Waals surface area contributed by atoms with Crippen molar-refractivity contribution in [1.82, 2.24) is 14.5 Å². The van der Waals surface area contributed by atoms with Crippen LogP contribution in [0.25, 0.3) is 11.2 Å². The Morgan fingerprint density at radius 2 is 2.23 bits per heavy atom. The van der Waals surface area contributed by atoms with Gasteiger partial charge in [0.25, 0.3) is 0 Å². The molecule has 68 valence electrons. The van der Waals surface area contributed by atoms with Gasteiger partial charge in [-0.05, 0) is 13.0 Å². The monoisotopic (exact) mass is 177 g/mol. The molecular formula is C8H11N5. The van der Waals surface area contributed by atoms with Crippen molar-refractivity contribution in [3.8, 4) is 0 Å². The maximum atomic E-state index is 5.72. The van der Waals surface area contributed by atoms with E-state index in [1.165, 1.54) is 0 Å². The summed E-state index contributed by atoms with van der Waals surface area (Å²) in [6.07, 6.45) is 3.16. The number of fused-ring (bicyclic) bond motifs is 1. The molecule has 0 fully saturated rings. The Kier molecular flexibility index (Phi) is 1.66. The summed E-state index contributed by atoms with van der Waals surface area (Å²) >= 11 is 0. The Balaban J connectivity index is 2.75. The fourth-order valence-electron chi connectivity index (χ4n) is 1.25. The lowest BCUT2D eigenvalue weighted by atomic mass is 10.4. The molecule has 0 amide bonds. The van der Waals surface area contributed by atoms with Gasteiger partial charge >= 0.3 is 0 Å². The Hall–Kier alpha value is -1.62. The van der Waals surface area contributed by atoms with Crippen molar-refractivity contribution >= 4 is 16.9 Å². The zero-order valence-corrected chi connectivity index (χ0v) is 7.31. The van der Waals surface area contributed by atoms with E-state index in [0.29, 0.717) is 11.2 Å². The second-order valence-electron chi connectivity index (χ2n) is 2.96. The van der Waals surface area contributed by atoms with Gasteiger partial charge in [0.15, 0.2) is 5.65 Å². The van der Waals surface area contributed by atoms with Crippen LogP contribution in [-0.2, 0) is 0 Å². The zero-order valence-electron chi connectivity index (χ0n) is 7.31. The molecule has 1 unspecified atom stereocenters. The van der Waals surface area contributed by atoms with Gasteiger partial charge in [0.1, 0.15) is 5.52 Å². The minimum absolute atomic E-state index is 0.140. The SMILES string of the molecule is CC(N)n1cnc2c(N)ccnc21. The lowest BCUT2D eigenvalue weighted by Crippen LogP contribution is -2.13. The van der Waals surface area contributed by atoms with Crippen molar-refractivity contribution in [1.29, 1.82) is 0 Å². The number of anilines is 1. The van der Waals surface area contributed by atoms with Crippen LogP contribution in [0.4, 0.5) is 5.69 Å². The van der Waals surface area contributed by atoms with Gasteiger partial charge in [-0.15, -0.1) is 0 Å². The standard InChI is InChI=1S/C8H11N5/c1-5(9)13-4-12-7-6(10)2-3-11-8(7)13/h2-5H,9H2,1H3,(H2,10,11). The molecule has 0 saturated carbocycles. The third-order valence-corrected chi connectivity index (χ3v) is 1.93. The molecular weight excluding hydrogens is 166 g/mol. The van der Waals surface area contributed by atoms with E-state index < -0.39 is 0 Å². The second kappa shape index (κ2) is 2.70. The highest BCUT2D eigenvalue weighted by molar-refractivity contribution is 5.83. The Bertz CT molecular complexity index is 431. The fourth-order valence-corrected chi connectivity index (χ4v) is 1.25. The molecule has 0 aliphatic heterocycles. The Morgan fingerprint density at radius 3 is 2.92 bits per heavy atom. The van der Waals surface area contributed by atoms with Crippen molar-refractivity contribution < 1.29 is 0 Å². The summed E-state index contributed by atoms with van der Waals surface area (Å²) in [6, 6.07) is 1.72. The van der Waals surface area contributed by atoms with E-state index in [4.69, 9.17) is 11.5 Å². The van der Waals surface area contributed by atoms with E-state index in [2.05, 4.69) is 9.97 Å². The zero-order chi connectivity index (χ0) is 9.42. The van der Waals surface area contributed by atoms with Gasteiger partial charge in [-0.2, -0.15) is 0 Å². The average Bonchev–Trinajstić information content (AvgIpc) is 2.48. The Morgan fingerprint density at radius 1 is 1.46 bits per heavy atom. The van der Waals surface area contributed by atoms with Crippen molar-refractivity contribution in [2.24, 2.45) is 5.73 Å². The molecule has 13 heavy (non-hydrogen) atoms. The topological polar surface area (TPSA) is 82.8 Å². The van der Waals surface area contributed by atoms with Crippen molar-refractivity contribution in [3.63, 3.8) is 0 Å². The number of hydrogen-bond donors (Lipinski definition) is 2. The van der Waals surface area contributed by atoms with Gasteiger partial charge in [-0.3, -0.25) is 4.57 Å². The van der Waals surface area contributed by atoms with Crippen LogP contribution in [0.3, 0.4) is 0 Å². The fraction of sp³-hybridized carbons (Fsp3) is 0.250. The summed E-state index contributed by atoms with van der Waals surface area (Å²) in [5.41, 5.74) is 13.5. The van der Waals surface area contributed by atoms with Crippen LogP contribution in [0.5, 0.6) is 0 Å². The predicted molar refractivity (Wildman–Crippen MR) is 50.8 cm³/mol. The minimum Gasteiger partial charge on any atom is -0.397 e. The molecule has 4 N–H and O–H groups in total. The molecule has 0 radical (unpaired) electrons. The molecule has 2 heterocycles. The van der Waals surface area contributed by atoms with Crippen LogP contribution in [0.1, 0.15) is 13.1 Å². The average molecular weight is 177 g/mol. The summed E-state index contributed by atoms with van der Waals surface area (Å²) in [5, 5.41) is 0. The van der Waals surface area contributed by atoms with Crippen molar-refractivity contribution in [3.05, 3.63) is 18.6 Å². The number of hydrogen-bond acceptors (Lipinski definition) is 4. The first-order valence-electron chi connectivity index (χ1n) is 4.02. The van der Waals surface area contributed by atoms with E-state index >= 15 is 0 Å². The van der Waals surface area contributed by atoms with Crippen LogP contribution in [-0.4, -0.2) is 14.5 Å². The number of imidazole rings is 1. The van der Waals surface area contributed by atoms with E-state index in [-0.39, 0.29) is 6.17 Å². The molecule has 2 aromatic heterocycles. The number of nitrogens with two attached hydrogens (primary N) is 2. The summed E-state index contributed by atoms with van der Waals surface area (Å²) in [6.45, 7) is 1.87. The largest absolute Gasteiger partial charge is 0.397 e. The minimum atomic E-state index is -0.140. The number of rotatable bonds is 1. The molecule has 1 atom stereocenters. The number of aromatic nitrogens is 3. The first kappa shape index (κ1) is 8.00. The quantitative estimate of drug-likeness (QED) is 0.664. The maximum Gasteiger partial charge on any atom is 0.163 e. The molecule has 0 aliphatic rings. The molecule has 2 rings (SSSR count). The summed E-state index contributed by atoms with van der Waals surface area (Å²) < 4.78 is 1.78. The molecule has 2 aromatic rings. The van der Waals surface area contributed by atoms with E-state index in [1.807, 2.05) is 6.92 Å². The van der Waals surface area contributed by atoms with E-state index in [9.17, 15) is 0 Å². The highest BCUT2D eigenvalue weighted by Gasteiger charge is 2.07. The summed E-state index contributed by atoms with van der Waals surface area (Å²) in [7, 11) is 0. The van der Waals surface area contributed by atoms with Crippen LogP contribution >= 0.6 is 0 Å². The highest BCUT2D eigenvalue weighted by Crippen LogP contribution is 2.17. The van der Waals surface area contributed by atoms with Gasteiger partial charge in [0, 0.05) is 6.20 Å².